The van der Waals surface area contributed by atoms with Crippen molar-refractivity contribution in [2.45, 2.75) is 26.2 Å². The lowest BCUT2D eigenvalue weighted by Gasteiger charge is -2.29. The third-order valence-corrected chi connectivity index (χ3v) is 5.75. The molecule has 3 heteroatoms. The van der Waals surface area contributed by atoms with E-state index in [1.807, 2.05) is 74.6 Å². The maximum absolute atomic E-state index is 13.3. The van der Waals surface area contributed by atoms with E-state index in [4.69, 9.17) is 0 Å². The van der Waals surface area contributed by atoms with Gasteiger partial charge in [0.25, 0.3) is 5.91 Å². The number of nitrogens with zero attached hydrogens (tertiary/aromatic N) is 1. The monoisotopic (exact) mass is 395 g/mol. The van der Waals surface area contributed by atoms with E-state index in [0.717, 1.165) is 33.5 Å². The number of amides is 1. The number of carbonyl (C=O) groups excluding carboxylic acids is 2. The van der Waals surface area contributed by atoms with Crippen molar-refractivity contribution in [1.29, 1.82) is 0 Å². The molecule has 1 amide bonds. The minimum atomic E-state index is 0.0355. The normalized spacial score (nSPS) is 15.0. The number of likely N-dealkylation sites (N-methyl/N-ethyl adjacent to an activating group) is 1. The molecular weight excluding hydrogens is 370 g/mol. The molecule has 0 fully saturated rings. The highest BCUT2D eigenvalue weighted by Gasteiger charge is 2.28. The average molecular weight is 396 g/mol. The summed E-state index contributed by atoms with van der Waals surface area (Å²) in [6, 6.07) is 26.0. The van der Waals surface area contributed by atoms with Crippen LogP contribution in [0.1, 0.15) is 40.4 Å². The summed E-state index contributed by atoms with van der Waals surface area (Å²) in [5.41, 5.74) is 6.80. The van der Waals surface area contributed by atoms with E-state index in [1.54, 1.807) is 4.90 Å². The molecule has 0 atom stereocenters. The van der Waals surface area contributed by atoms with Gasteiger partial charge in [0.05, 0.1) is 0 Å². The van der Waals surface area contributed by atoms with Gasteiger partial charge in [-0.3, -0.25) is 9.59 Å². The molecule has 150 valence electrons. The Kier molecular flexibility index (Phi) is 5.62. The summed E-state index contributed by atoms with van der Waals surface area (Å²) < 4.78 is 0. The number of para-hydroxylation sites is 1. The maximum Gasteiger partial charge on any atom is 0.254 e. The first-order valence-electron chi connectivity index (χ1n) is 10.3. The lowest BCUT2D eigenvalue weighted by atomic mass is 9.87. The van der Waals surface area contributed by atoms with Crippen LogP contribution in [0.2, 0.25) is 0 Å². The van der Waals surface area contributed by atoms with Crippen LogP contribution in [0.15, 0.2) is 84.4 Å². The molecule has 0 N–H and O–H groups in total. The molecule has 0 spiro atoms. The molecule has 1 aliphatic heterocycles. The van der Waals surface area contributed by atoms with Crippen molar-refractivity contribution in [2.24, 2.45) is 0 Å². The lowest BCUT2D eigenvalue weighted by molar-refractivity contribution is -0.115. The van der Waals surface area contributed by atoms with Crippen LogP contribution in [0.3, 0.4) is 0 Å². The van der Waals surface area contributed by atoms with E-state index >= 15 is 0 Å². The summed E-state index contributed by atoms with van der Waals surface area (Å²) in [4.78, 5) is 27.1. The Labute approximate surface area is 177 Å². The molecule has 3 nitrogen and oxygen atoms in total. The zero-order valence-corrected chi connectivity index (χ0v) is 17.4. The number of carbonyl (C=O) groups is 2. The van der Waals surface area contributed by atoms with Gasteiger partial charge in [0.2, 0.25) is 0 Å². The second-order valence-corrected chi connectivity index (χ2v) is 7.64. The average Bonchev–Trinajstić information content (AvgIpc) is 2.80. The van der Waals surface area contributed by atoms with Crippen LogP contribution in [0.5, 0.6) is 0 Å². The smallest absolute Gasteiger partial charge is 0.254 e. The van der Waals surface area contributed by atoms with Crippen LogP contribution in [-0.2, 0) is 17.6 Å². The van der Waals surface area contributed by atoms with Crippen LogP contribution in [0, 0.1) is 0 Å². The highest BCUT2D eigenvalue weighted by atomic mass is 16.2. The molecule has 0 aromatic heterocycles. The van der Waals surface area contributed by atoms with Crippen molar-refractivity contribution >= 4 is 23.0 Å². The van der Waals surface area contributed by atoms with Crippen molar-refractivity contribution in [2.75, 3.05) is 11.9 Å². The predicted octanol–water partition coefficient (Wildman–Crippen LogP) is 5.49. The first-order valence-corrected chi connectivity index (χ1v) is 10.3. The fraction of sp³-hybridized carbons (Fsp3) is 0.185. The standard InChI is InChI=1S/C27H25NO2/c1-3-26(29)21-15-13-20(14-16-21)23(17-19-9-5-4-6-10-19)24-18-22-11-7-8-12-25(22)28(2)27(24)30/h4-16H,3,17-18H2,1-2H3/b24-23+. The predicted molar refractivity (Wildman–Crippen MR) is 122 cm³/mol. The third kappa shape index (κ3) is 3.84. The Morgan fingerprint density at radius 3 is 2.20 bits per heavy atom. The molecule has 4 rings (SSSR count). The second kappa shape index (κ2) is 8.50. The molecule has 0 saturated heterocycles. The van der Waals surface area contributed by atoms with E-state index in [9.17, 15) is 9.59 Å². The van der Waals surface area contributed by atoms with E-state index in [-0.39, 0.29) is 11.7 Å². The molecule has 3 aromatic carbocycles. The topological polar surface area (TPSA) is 37.4 Å². The fourth-order valence-corrected chi connectivity index (χ4v) is 4.05. The number of fused-ring (bicyclic) bond motifs is 1. The largest absolute Gasteiger partial charge is 0.311 e. The van der Waals surface area contributed by atoms with Crippen molar-refractivity contribution in [3.63, 3.8) is 0 Å². The molecular formula is C27H25NO2. The molecule has 1 aliphatic rings. The summed E-state index contributed by atoms with van der Waals surface area (Å²) in [5, 5.41) is 0. The number of benzene rings is 3. The lowest BCUT2D eigenvalue weighted by Crippen LogP contribution is -2.34. The van der Waals surface area contributed by atoms with Crippen molar-refractivity contribution < 1.29 is 9.59 Å². The third-order valence-electron chi connectivity index (χ3n) is 5.75. The van der Waals surface area contributed by atoms with Gasteiger partial charge >= 0.3 is 0 Å². The molecule has 0 bridgehead atoms. The van der Waals surface area contributed by atoms with Crippen molar-refractivity contribution in [3.05, 3.63) is 107 Å². The minimum Gasteiger partial charge on any atom is -0.311 e. The number of rotatable bonds is 5. The minimum absolute atomic E-state index is 0.0355. The zero-order chi connectivity index (χ0) is 21.1. The Morgan fingerprint density at radius 2 is 1.50 bits per heavy atom. The van der Waals surface area contributed by atoms with Gasteiger partial charge in [-0.25, -0.2) is 0 Å². The van der Waals surface area contributed by atoms with E-state index in [0.29, 0.717) is 24.8 Å². The number of hydrogen-bond acceptors (Lipinski definition) is 2. The van der Waals surface area contributed by atoms with E-state index < -0.39 is 0 Å². The van der Waals surface area contributed by atoms with Gasteiger partial charge in [-0.15, -0.1) is 0 Å². The Bertz CT molecular complexity index is 1110. The first kappa shape index (κ1) is 19.8. The van der Waals surface area contributed by atoms with E-state index in [2.05, 4.69) is 18.2 Å². The molecule has 0 aliphatic carbocycles. The second-order valence-electron chi connectivity index (χ2n) is 7.64. The molecule has 0 unspecified atom stereocenters. The van der Waals surface area contributed by atoms with Gasteiger partial charge in [0.1, 0.15) is 0 Å². The molecule has 0 saturated carbocycles. The van der Waals surface area contributed by atoms with Gasteiger partial charge < -0.3 is 4.90 Å². The van der Waals surface area contributed by atoms with Gasteiger partial charge in [-0.2, -0.15) is 0 Å². The quantitative estimate of drug-likeness (QED) is 0.423. The summed E-state index contributed by atoms with van der Waals surface area (Å²) in [6.07, 6.45) is 1.76. The van der Waals surface area contributed by atoms with Gasteiger partial charge in [-0.1, -0.05) is 79.7 Å². The van der Waals surface area contributed by atoms with Crippen molar-refractivity contribution in [1.82, 2.24) is 0 Å². The first-order chi connectivity index (χ1) is 14.6. The van der Waals surface area contributed by atoms with Gasteiger partial charge in [0.15, 0.2) is 5.78 Å². The zero-order valence-electron chi connectivity index (χ0n) is 17.4. The Hall–Kier alpha value is -3.46. The van der Waals surface area contributed by atoms with Crippen LogP contribution in [0.4, 0.5) is 5.69 Å². The maximum atomic E-state index is 13.3. The van der Waals surface area contributed by atoms with E-state index in [1.165, 1.54) is 0 Å². The molecule has 30 heavy (non-hydrogen) atoms. The number of ketones is 1. The summed E-state index contributed by atoms with van der Waals surface area (Å²) in [6.45, 7) is 1.87. The van der Waals surface area contributed by atoms with Gasteiger partial charge in [-0.05, 0) is 34.8 Å². The Balaban J connectivity index is 1.83. The van der Waals surface area contributed by atoms with Crippen LogP contribution >= 0.6 is 0 Å². The van der Waals surface area contributed by atoms with Crippen molar-refractivity contribution in [3.8, 4) is 0 Å². The summed E-state index contributed by atoms with van der Waals surface area (Å²) in [7, 11) is 1.84. The number of Topliss-reactive ketones (excluding diaryl/α,β-unsaturated/α-hetero) is 1. The molecule has 3 aromatic rings. The van der Waals surface area contributed by atoms with Crippen LogP contribution < -0.4 is 4.90 Å². The molecule has 1 heterocycles. The molecule has 0 radical (unpaired) electrons. The SMILES string of the molecule is CCC(=O)c1ccc(/C(Cc2ccccc2)=C2\Cc3ccccc3N(C)C2=O)cc1. The van der Waals surface area contributed by atoms with Crippen LogP contribution in [0.25, 0.3) is 5.57 Å². The highest BCUT2D eigenvalue weighted by molar-refractivity contribution is 6.13. The highest BCUT2D eigenvalue weighted by Crippen LogP contribution is 2.34. The summed E-state index contributed by atoms with van der Waals surface area (Å²) in [5.74, 6) is 0.162. The van der Waals surface area contributed by atoms with Gasteiger partial charge in [0, 0.05) is 36.7 Å². The fourth-order valence-electron chi connectivity index (χ4n) is 4.05. The summed E-state index contributed by atoms with van der Waals surface area (Å²) >= 11 is 0. The van der Waals surface area contributed by atoms with Crippen LogP contribution in [-0.4, -0.2) is 18.7 Å². The number of allylic oxidation sites excluding steroid dienone is 1. The Morgan fingerprint density at radius 1 is 0.867 bits per heavy atom. The number of anilines is 1. The number of hydrogen-bond donors (Lipinski definition) is 0.